The SMILES string of the molecule is CCCCc1ccc2c(c1)[C-]=C1C=CC=CC12.C[Si](C)=[Zr+2].Cc1ccc2c(c1)[C-]=C1C=CC=CC12.[Cl-].[Cl-]. The molecule has 0 aliphatic heterocycles. The van der Waals surface area contributed by atoms with Crippen LogP contribution < -0.4 is 24.8 Å². The summed E-state index contributed by atoms with van der Waals surface area (Å²) in [5.74, 6) is 0.908. The third-order valence-corrected chi connectivity index (χ3v) is 6.42. The van der Waals surface area contributed by atoms with Crippen LogP contribution in [0.5, 0.6) is 0 Å². The predicted molar refractivity (Wildman–Crippen MR) is 147 cm³/mol. The van der Waals surface area contributed by atoms with Gasteiger partial charge in [-0.25, -0.2) is 0 Å². The molecule has 0 N–H and O–H groups in total. The topological polar surface area (TPSA) is 0 Å². The van der Waals surface area contributed by atoms with Crippen LogP contribution in [-0.2, 0) is 29.8 Å². The minimum Gasteiger partial charge on any atom is -1.00 e. The standard InChI is InChI=1S/C17H17.C14H11.C2H6Si.2ClH.Zr/c1-2-3-6-13-9-10-17-15(11-13)12-14-7-4-5-8-16(14)17;1-10-6-7-14-12(8-10)9-11-4-2-3-5-13(11)14;1-3-2;;;/h4-5,7-11,16H,2-3,6H2,1H3;2-8,13H,1H3;1-2H3;2*1H;/q2*-1;;;;+2/p-2. The summed E-state index contributed by atoms with van der Waals surface area (Å²) >= 11 is 1.74. The normalized spacial score (nSPS) is 18.2. The fourth-order valence-corrected chi connectivity index (χ4v) is 4.74. The average Bonchev–Trinajstić information content (AvgIpc) is 3.40. The van der Waals surface area contributed by atoms with E-state index in [0.717, 1.165) is 0 Å². The van der Waals surface area contributed by atoms with Crippen LogP contribution in [0.4, 0.5) is 0 Å². The van der Waals surface area contributed by atoms with E-state index in [-0.39, 0.29) is 30.2 Å². The second kappa shape index (κ2) is 15.2. The zero-order chi connectivity index (χ0) is 24.8. The quantitative estimate of drug-likeness (QED) is 0.366. The first kappa shape index (κ1) is 31.8. The molecule has 2 aromatic rings. The number of hydrogen-bond donors (Lipinski definition) is 0. The van der Waals surface area contributed by atoms with Gasteiger partial charge in [-0.2, -0.15) is 0 Å². The van der Waals surface area contributed by atoms with Crippen LogP contribution >= 0.6 is 0 Å². The first-order chi connectivity index (χ1) is 17.0. The Bertz CT molecular complexity index is 1290. The Balaban J connectivity index is 0.000000220. The largest absolute Gasteiger partial charge is 1.00 e. The van der Waals surface area contributed by atoms with Crippen LogP contribution in [0.3, 0.4) is 0 Å². The van der Waals surface area contributed by atoms with Crippen molar-refractivity contribution in [2.45, 2.75) is 58.0 Å². The molecule has 0 bridgehead atoms. The number of benzene rings is 2. The van der Waals surface area contributed by atoms with E-state index >= 15 is 0 Å². The van der Waals surface area contributed by atoms with Crippen molar-refractivity contribution in [2.24, 2.45) is 0 Å². The smallest absolute Gasteiger partial charge is 0.0235 e. The molecule has 0 spiro atoms. The first-order valence-electron chi connectivity index (χ1n) is 12.7. The van der Waals surface area contributed by atoms with Gasteiger partial charge in [0.2, 0.25) is 0 Å². The second-order valence-electron chi connectivity index (χ2n) is 9.72. The van der Waals surface area contributed by atoms with Crippen molar-refractivity contribution < 1.29 is 48.1 Å². The number of allylic oxidation sites excluding steroid dienone is 10. The molecule has 0 amide bonds. The number of rotatable bonds is 3. The van der Waals surface area contributed by atoms with Crippen LogP contribution in [0.15, 0.2) is 96.2 Å². The summed E-state index contributed by atoms with van der Waals surface area (Å²) in [6.07, 6.45) is 28.0. The molecule has 0 radical (unpaired) electrons. The molecular weight excluding hydrogens is 587 g/mol. The minimum absolute atomic E-state index is 0. The molecule has 2 atom stereocenters. The van der Waals surface area contributed by atoms with Gasteiger partial charge in [-0.1, -0.05) is 67.3 Å². The van der Waals surface area contributed by atoms with E-state index in [1.54, 1.807) is 23.3 Å². The molecule has 4 aliphatic rings. The van der Waals surface area contributed by atoms with Gasteiger partial charge in [-0.3, -0.25) is 0 Å². The van der Waals surface area contributed by atoms with Crippen molar-refractivity contribution in [2.75, 3.05) is 0 Å². The Hall–Kier alpha value is -1.44. The molecule has 4 aliphatic carbocycles. The molecule has 0 aromatic heterocycles. The van der Waals surface area contributed by atoms with E-state index in [9.17, 15) is 0 Å². The van der Waals surface area contributed by atoms with E-state index in [2.05, 4.69) is 124 Å². The van der Waals surface area contributed by atoms with E-state index < -0.39 is 0 Å². The van der Waals surface area contributed by atoms with Crippen LogP contribution in [0.1, 0.15) is 65.0 Å². The Morgan fingerprint density at radius 2 is 1.30 bits per heavy atom. The fraction of sp³-hybridized carbons (Fsp3) is 0.273. The number of fused-ring (bicyclic) bond motifs is 6. The van der Waals surface area contributed by atoms with E-state index in [1.807, 2.05) is 0 Å². The summed E-state index contributed by atoms with van der Waals surface area (Å²) in [6.45, 7) is 8.98. The first-order valence-corrected chi connectivity index (χ1v) is 18.9. The Kier molecular flexibility index (Phi) is 13.1. The van der Waals surface area contributed by atoms with Crippen molar-refractivity contribution in [3.05, 3.63) is 142 Å². The molecule has 37 heavy (non-hydrogen) atoms. The van der Waals surface area contributed by atoms with Gasteiger partial charge in [0, 0.05) is 0 Å². The summed E-state index contributed by atoms with van der Waals surface area (Å²) < 4.78 is 0. The van der Waals surface area contributed by atoms with E-state index in [4.69, 9.17) is 0 Å². The summed E-state index contributed by atoms with van der Waals surface area (Å²) in [5, 5.41) is 0. The van der Waals surface area contributed by atoms with Crippen LogP contribution in [0.2, 0.25) is 13.1 Å². The van der Waals surface area contributed by atoms with Gasteiger partial charge in [0.05, 0.1) is 0 Å². The fourth-order valence-electron chi connectivity index (χ4n) is 4.74. The summed E-state index contributed by atoms with van der Waals surface area (Å²) in [5.41, 5.74) is 11.0. The molecule has 6 rings (SSSR count). The van der Waals surface area contributed by atoms with Gasteiger partial charge >= 0.3 is 41.9 Å². The monoisotopic (exact) mass is 618 g/mol. The van der Waals surface area contributed by atoms with E-state index in [0.29, 0.717) is 11.8 Å². The van der Waals surface area contributed by atoms with Crippen molar-refractivity contribution >= 4 is 5.43 Å². The maximum atomic E-state index is 3.53. The van der Waals surface area contributed by atoms with Crippen LogP contribution in [-0.4, -0.2) is 5.43 Å². The van der Waals surface area contributed by atoms with Crippen molar-refractivity contribution in [1.82, 2.24) is 0 Å². The molecule has 0 fully saturated rings. The molecule has 190 valence electrons. The zero-order valence-electron chi connectivity index (χ0n) is 22.1. The Labute approximate surface area is 251 Å². The molecule has 2 aromatic carbocycles. The van der Waals surface area contributed by atoms with Crippen LogP contribution in [0.25, 0.3) is 0 Å². The second-order valence-corrected chi connectivity index (χ2v) is 19.1. The molecule has 0 nitrogen and oxygen atoms in total. The molecular formula is C33H34Cl2SiZr-2. The molecule has 0 saturated carbocycles. The van der Waals surface area contributed by atoms with E-state index in [1.165, 1.54) is 63.8 Å². The van der Waals surface area contributed by atoms with Gasteiger partial charge in [-0.15, -0.1) is 94.1 Å². The van der Waals surface area contributed by atoms with Gasteiger partial charge in [0.15, 0.2) is 0 Å². The van der Waals surface area contributed by atoms with Crippen molar-refractivity contribution in [1.29, 1.82) is 0 Å². The van der Waals surface area contributed by atoms with Gasteiger partial charge in [0.25, 0.3) is 0 Å². The van der Waals surface area contributed by atoms with Gasteiger partial charge in [0.1, 0.15) is 0 Å². The number of hydrogen-bond acceptors (Lipinski definition) is 0. The maximum absolute atomic E-state index is 3.53. The Morgan fingerprint density at radius 1 is 0.784 bits per heavy atom. The van der Waals surface area contributed by atoms with Crippen molar-refractivity contribution in [3.8, 4) is 0 Å². The minimum atomic E-state index is 0. The predicted octanol–water partition coefficient (Wildman–Crippen LogP) is 2.42. The third kappa shape index (κ3) is 8.27. The zero-order valence-corrected chi connectivity index (χ0v) is 27.1. The maximum Gasteiger partial charge on any atom is -0.0235 e. The molecule has 0 heterocycles. The van der Waals surface area contributed by atoms with Gasteiger partial charge < -0.3 is 24.8 Å². The summed E-state index contributed by atoms with van der Waals surface area (Å²) in [4.78, 5) is 0. The Morgan fingerprint density at radius 3 is 1.84 bits per heavy atom. The number of unbranched alkanes of at least 4 members (excludes halogenated alkanes) is 1. The average molecular weight is 621 g/mol. The van der Waals surface area contributed by atoms with Crippen LogP contribution in [0, 0.1) is 19.1 Å². The molecule has 4 heteroatoms. The van der Waals surface area contributed by atoms with Crippen molar-refractivity contribution in [3.63, 3.8) is 0 Å². The third-order valence-electron chi connectivity index (χ3n) is 6.42. The number of aryl methyl sites for hydroxylation is 2. The summed E-state index contributed by atoms with van der Waals surface area (Å²) in [7, 11) is 0. The summed E-state index contributed by atoms with van der Waals surface area (Å²) in [6, 6.07) is 13.5. The molecule has 0 saturated heterocycles. The number of halogens is 2. The van der Waals surface area contributed by atoms with Gasteiger partial charge in [-0.05, 0) is 25.2 Å². The molecule has 2 unspecified atom stereocenters.